The van der Waals surface area contributed by atoms with E-state index in [4.69, 9.17) is 13.8 Å². The highest BCUT2D eigenvalue weighted by molar-refractivity contribution is 7.45. The van der Waals surface area contributed by atoms with Crippen molar-refractivity contribution in [2.75, 3.05) is 40.9 Å². The second-order valence-corrected chi connectivity index (χ2v) is 24.3. The van der Waals surface area contributed by atoms with E-state index in [1.165, 1.54) is 135 Å². The molecule has 0 aliphatic rings. The van der Waals surface area contributed by atoms with E-state index in [1.807, 2.05) is 33.3 Å². The van der Waals surface area contributed by atoms with Crippen LogP contribution in [0.5, 0.6) is 0 Å². The summed E-state index contributed by atoms with van der Waals surface area (Å²) in [5, 5.41) is 3.02. The van der Waals surface area contributed by atoms with E-state index in [1.54, 1.807) is 0 Å². The average molecular weight is 1110 g/mol. The molecule has 0 aliphatic carbocycles. The Morgan fingerprint density at radius 3 is 1.26 bits per heavy atom. The molecule has 0 radical (unpaired) electrons. The number of unbranched alkanes of at least 4 members (excludes halogenated alkanes) is 30. The minimum absolute atomic E-state index is 0.0279. The van der Waals surface area contributed by atoms with Crippen molar-refractivity contribution in [3.63, 3.8) is 0 Å². The zero-order valence-electron chi connectivity index (χ0n) is 51.6. The zero-order valence-corrected chi connectivity index (χ0v) is 52.5. The van der Waals surface area contributed by atoms with E-state index in [0.717, 1.165) is 116 Å². The molecular formula is C68H123N2O7P. The Morgan fingerprint density at radius 2 is 0.821 bits per heavy atom. The van der Waals surface area contributed by atoms with Gasteiger partial charge in [0.1, 0.15) is 19.3 Å². The van der Waals surface area contributed by atoms with Crippen molar-refractivity contribution in [1.29, 1.82) is 0 Å². The lowest BCUT2D eigenvalue weighted by molar-refractivity contribution is -0.870. The second-order valence-electron chi connectivity index (χ2n) is 22.9. The number of allylic oxidation sites excluding steroid dienone is 13. The monoisotopic (exact) mass is 1110 g/mol. The standard InChI is InChI=1S/C68H123N2O7P/c1-7-10-13-16-19-22-25-28-30-31-32-33-34-35-36-37-38-39-40-43-46-49-52-55-58-61-68(72)77-66(59-56-53-50-47-44-41-27-24-21-18-15-12-9-3)65(64-76-78(73,74)75-63-62-70(4,5)6)69-67(71)60-57-54-51-48-45-42-29-26-23-20-17-14-11-8-2/h11,14,19-20,22-23,28,30,32-33,35-36,56,59,65-66H,7-10,12-13,15-18,21,24-27,29,31,34,37-55,57-58,60-64H2,1-6H3,(H-,69,71,73,74)/b14-11+,22-19-,23-20+,30-28-,33-32-,36-35-,59-56-. The number of carbonyl (C=O) groups excluding carboxylic acids is 2. The van der Waals surface area contributed by atoms with Crippen LogP contribution in [-0.2, 0) is 27.9 Å². The van der Waals surface area contributed by atoms with Crippen molar-refractivity contribution in [2.45, 2.75) is 296 Å². The smallest absolute Gasteiger partial charge is 0.306 e. The topological polar surface area (TPSA) is 114 Å². The molecule has 3 unspecified atom stereocenters. The van der Waals surface area contributed by atoms with Crippen LogP contribution in [0.4, 0.5) is 0 Å². The largest absolute Gasteiger partial charge is 0.756 e. The van der Waals surface area contributed by atoms with Gasteiger partial charge in [-0.1, -0.05) is 254 Å². The summed E-state index contributed by atoms with van der Waals surface area (Å²) in [5.41, 5.74) is 0. The molecular weight excluding hydrogens is 988 g/mol. The van der Waals surface area contributed by atoms with Gasteiger partial charge in [-0.25, -0.2) is 0 Å². The molecule has 0 aromatic carbocycles. The fourth-order valence-electron chi connectivity index (χ4n) is 9.07. The van der Waals surface area contributed by atoms with E-state index in [9.17, 15) is 19.0 Å². The number of carbonyl (C=O) groups is 2. The van der Waals surface area contributed by atoms with Gasteiger partial charge in [0, 0.05) is 12.8 Å². The van der Waals surface area contributed by atoms with E-state index in [0.29, 0.717) is 17.4 Å². The minimum atomic E-state index is -4.71. The fourth-order valence-corrected chi connectivity index (χ4v) is 9.80. The zero-order chi connectivity index (χ0) is 57.2. The third kappa shape index (κ3) is 57.9. The summed E-state index contributed by atoms with van der Waals surface area (Å²) >= 11 is 0. The van der Waals surface area contributed by atoms with Crippen LogP contribution in [-0.4, -0.2) is 69.4 Å². The highest BCUT2D eigenvalue weighted by atomic mass is 31.2. The van der Waals surface area contributed by atoms with Crippen molar-refractivity contribution in [3.8, 4) is 0 Å². The molecule has 0 saturated carbocycles. The quantitative estimate of drug-likeness (QED) is 0.0212. The van der Waals surface area contributed by atoms with Crippen molar-refractivity contribution in [1.82, 2.24) is 5.32 Å². The maximum absolute atomic E-state index is 13.5. The molecule has 10 heteroatoms. The first-order valence-corrected chi connectivity index (χ1v) is 33.9. The fraction of sp³-hybridized carbons (Fsp3) is 0.765. The maximum Gasteiger partial charge on any atom is 0.306 e. The molecule has 0 bridgehead atoms. The molecule has 0 saturated heterocycles. The SMILES string of the molecule is CC/C=C/C/C=C/CCCCCCCCCC(=O)NC(COP(=O)([O-])OCC[N+](C)(C)C)C(/C=C\CCCCCCCCCCCCC)OC(=O)CCCCCCCCCCC/C=C\C/C=C\C/C=C\C/C=C\CCCCC. The van der Waals surface area contributed by atoms with Gasteiger partial charge in [-0.05, 0) is 102 Å². The van der Waals surface area contributed by atoms with Crippen molar-refractivity contribution < 1.29 is 37.3 Å². The highest BCUT2D eigenvalue weighted by Gasteiger charge is 2.27. The van der Waals surface area contributed by atoms with Crippen LogP contribution in [0, 0.1) is 0 Å². The number of phosphoric acid groups is 1. The highest BCUT2D eigenvalue weighted by Crippen LogP contribution is 2.38. The van der Waals surface area contributed by atoms with E-state index in [2.05, 4.69) is 99.0 Å². The molecule has 0 rings (SSSR count). The summed E-state index contributed by atoms with van der Waals surface area (Å²) in [5.74, 6) is -0.556. The number of nitrogens with zero attached hydrogens (tertiary/aromatic N) is 1. The lowest BCUT2D eigenvalue weighted by Gasteiger charge is -2.30. The van der Waals surface area contributed by atoms with Crippen LogP contribution in [0.1, 0.15) is 284 Å². The van der Waals surface area contributed by atoms with Crippen LogP contribution in [0.15, 0.2) is 85.1 Å². The number of ether oxygens (including phenoxy) is 1. The third-order valence-electron chi connectivity index (χ3n) is 14.1. The third-order valence-corrected chi connectivity index (χ3v) is 15.0. The van der Waals surface area contributed by atoms with Gasteiger partial charge in [0.15, 0.2) is 0 Å². The van der Waals surface area contributed by atoms with Crippen molar-refractivity contribution in [2.24, 2.45) is 0 Å². The Labute approximate surface area is 482 Å². The number of likely N-dealkylation sites (N-methyl/N-ethyl adjacent to an activating group) is 1. The summed E-state index contributed by atoms with van der Waals surface area (Å²) in [7, 11) is 1.17. The first-order chi connectivity index (χ1) is 37.9. The number of amides is 1. The summed E-state index contributed by atoms with van der Waals surface area (Å²) in [6, 6.07) is -0.899. The first kappa shape index (κ1) is 75.2. The van der Waals surface area contributed by atoms with Gasteiger partial charge >= 0.3 is 5.97 Å². The molecule has 0 aromatic rings. The molecule has 0 aliphatic heterocycles. The first-order valence-electron chi connectivity index (χ1n) is 32.4. The molecule has 452 valence electrons. The lowest BCUT2D eigenvalue weighted by Crippen LogP contribution is -2.47. The lowest BCUT2D eigenvalue weighted by atomic mass is 10.0. The number of quaternary nitrogens is 1. The summed E-state index contributed by atoms with van der Waals surface area (Å²) in [4.78, 5) is 40.0. The Balaban J connectivity index is 5.18. The molecule has 3 atom stereocenters. The molecule has 0 aromatic heterocycles. The van der Waals surface area contributed by atoms with Crippen molar-refractivity contribution >= 4 is 19.7 Å². The van der Waals surface area contributed by atoms with Crippen LogP contribution in [0.25, 0.3) is 0 Å². The molecule has 9 nitrogen and oxygen atoms in total. The van der Waals surface area contributed by atoms with Gasteiger partial charge in [0.25, 0.3) is 7.82 Å². The Morgan fingerprint density at radius 1 is 0.462 bits per heavy atom. The van der Waals surface area contributed by atoms with Crippen LogP contribution in [0.2, 0.25) is 0 Å². The molecule has 0 spiro atoms. The van der Waals surface area contributed by atoms with Crippen LogP contribution >= 0.6 is 7.82 Å². The molecule has 1 N–H and O–H groups in total. The predicted molar refractivity (Wildman–Crippen MR) is 335 cm³/mol. The minimum Gasteiger partial charge on any atom is -0.756 e. The van der Waals surface area contributed by atoms with Gasteiger partial charge < -0.3 is 28.5 Å². The number of esters is 1. The Kier molecular flexibility index (Phi) is 55.4. The number of nitrogens with one attached hydrogen (secondary N) is 1. The Bertz CT molecular complexity index is 1610. The van der Waals surface area contributed by atoms with Crippen molar-refractivity contribution in [3.05, 3.63) is 85.1 Å². The summed E-state index contributed by atoms with van der Waals surface area (Å²) in [6.07, 6.45) is 75.5. The Hall–Kier alpha value is -2.81. The van der Waals surface area contributed by atoms with Crippen LogP contribution < -0.4 is 10.2 Å². The predicted octanol–water partition coefficient (Wildman–Crippen LogP) is 19.5. The van der Waals surface area contributed by atoms with Gasteiger partial charge in [-0.15, -0.1) is 0 Å². The van der Waals surface area contributed by atoms with E-state index in [-0.39, 0.29) is 24.9 Å². The number of hydrogen-bond donors (Lipinski definition) is 1. The van der Waals surface area contributed by atoms with E-state index >= 15 is 0 Å². The van der Waals surface area contributed by atoms with Gasteiger partial charge in [0.05, 0.1) is 33.8 Å². The van der Waals surface area contributed by atoms with Gasteiger partial charge in [-0.3, -0.25) is 14.2 Å². The normalized spacial score (nSPS) is 14.2. The average Bonchev–Trinajstić information content (AvgIpc) is 3.40. The van der Waals surface area contributed by atoms with Gasteiger partial charge in [0.2, 0.25) is 5.91 Å². The molecule has 78 heavy (non-hydrogen) atoms. The maximum atomic E-state index is 13.5. The number of phosphoric ester groups is 1. The summed E-state index contributed by atoms with van der Waals surface area (Å²) in [6.45, 7) is 6.71. The van der Waals surface area contributed by atoms with E-state index < -0.39 is 26.6 Å². The molecule has 1 amide bonds. The van der Waals surface area contributed by atoms with Gasteiger partial charge in [-0.2, -0.15) is 0 Å². The molecule has 0 fully saturated rings. The second kappa shape index (κ2) is 57.4. The molecule has 0 heterocycles. The summed E-state index contributed by atoms with van der Waals surface area (Å²) < 4.78 is 30.3. The number of rotatable bonds is 58. The van der Waals surface area contributed by atoms with Crippen LogP contribution in [0.3, 0.4) is 0 Å². The number of hydrogen-bond acceptors (Lipinski definition) is 7.